The van der Waals surface area contributed by atoms with E-state index in [1.807, 2.05) is 32.9 Å². The summed E-state index contributed by atoms with van der Waals surface area (Å²) in [7, 11) is 0. The van der Waals surface area contributed by atoms with Crippen molar-refractivity contribution in [3.05, 3.63) is 44.8 Å². The molecule has 0 aliphatic rings. The summed E-state index contributed by atoms with van der Waals surface area (Å²) in [5, 5.41) is 4.12. The zero-order valence-corrected chi connectivity index (χ0v) is 18.3. The molecule has 1 aromatic carbocycles. The van der Waals surface area contributed by atoms with Crippen LogP contribution in [0.25, 0.3) is 0 Å². The van der Waals surface area contributed by atoms with E-state index >= 15 is 0 Å². The first-order chi connectivity index (χ1) is 13.3. The van der Waals surface area contributed by atoms with Gasteiger partial charge >= 0.3 is 5.97 Å². The number of aryl methyl sites for hydroxylation is 3. The highest BCUT2D eigenvalue weighted by Crippen LogP contribution is 2.30. The Morgan fingerprint density at radius 3 is 2.43 bits per heavy atom. The van der Waals surface area contributed by atoms with E-state index in [0.29, 0.717) is 36.6 Å². The molecule has 1 aromatic heterocycles. The van der Waals surface area contributed by atoms with Gasteiger partial charge in [-0.3, -0.25) is 4.79 Å². The van der Waals surface area contributed by atoms with Crippen LogP contribution in [-0.4, -0.2) is 25.1 Å². The molecule has 0 unspecified atom stereocenters. The molecule has 0 aliphatic carbocycles. The number of ether oxygens (including phenoxy) is 2. The number of carbonyl (C=O) groups excluding carboxylic acids is 2. The summed E-state index contributed by atoms with van der Waals surface area (Å²) in [5.74, 6) is 0.183. The molecular weight excluding hydrogens is 398 g/mol. The zero-order valence-electron chi connectivity index (χ0n) is 16.7. The number of benzene rings is 1. The van der Waals surface area contributed by atoms with Gasteiger partial charge < -0.3 is 14.8 Å². The van der Waals surface area contributed by atoms with Gasteiger partial charge in [0.25, 0.3) is 0 Å². The summed E-state index contributed by atoms with van der Waals surface area (Å²) in [6.07, 6.45) is 1.65. The molecule has 2 rings (SSSR count). The fraction of sp³-hybridized carbons (Fsp3) is 0.429. The molecular formula is C21H26ClNO4S. The highest BCUT2D eigenvalue weighted by molar-refractivity contribution is 7.16. The fourth-order valence-electron chi connectivity index (χ4n) is 2.67. The minimum absolute atomic E-state index is 0.151. The molecule has 1 amide bonds. The highest BCUT2D eigenvalue weighted by atomic mass is 35.5. The van der Waals surface area contributed by atoms with E-state index < -0.39 is 5.97 Å². The third-order valence-electron chi connectivity index (χ3n) is 4.11. The Morgan fingerprint density at radius 1 is 1.14 bits per heavy atom. The average molecular weight is 424 g/mol. The molecule has 0 spiro atoms. The number of carbonyl (C=O) groups is 2. The maximum Gasteiger partial charge on any atom is 0.341 e. The van der Waals surface area contributed by atoms with Gasteiger partial charge in [0.2, 0.25) is 5.91 Å². The molecule has 0 saturated heterocycles. The van der Waals surface area contributed by atoms with Gasteiger partial charge in [0.05, 0.1) is 18.8 Å². The molecule has 0 bridgehead atoms. The predicted octanol–water partition coefficient (Wildman–Crippen LogP) is 5.56. The largest absolute Gasteiger partial charge is 0.494 e. The minimum Gasteiger partial charge on any atom is -0.494 e. The van der Waals surface area contributed by atoms with Gasteiger partial charge in [-0.05, 0) is 62.9 Å². The van der Waals surface area contributed by atoms with Crippen LogP contribution in [-0.2, 0) is 16.0 Å². The normalized spacial score (nSPS) is 10.6. The highest BCUT2D eigenvalue weighted by Gasteiger charge is 2.18. The number of thiophene rings is 1. The van der Waals surface area contributed by atoms with Crippen molar-refractivity contribution < 1.29 is 19.1 Å². The van der Waals surface area contributed by atoms with Crippen molar-refractivity contribution in [2.75, 3.05) is 18.5 Å². The average Bonchev–Trinajstić information content (AvgIpc) is 3.06. The molecule has 0 aliphatic heterocycles. The van der Waals surface area contributed by atoms with Crippen molar-refractivity contribution in [2.45, 2.75) is 47.0 Å². The molecule has 0 saturated carbocycles. The van der Waals surface area contributed by atoms with E-state index in [2.05, 4.69) is 5.32 Å². The fourth-order valence-corrected chi connectivity index (χ4v) is 3.78. The summed E-state index contributed by atoms with van der Waals surface area (Å²) < 4.78 is 10.8. The van der Waals surface area contributed by atoms with Crippen LogP contribution in [0.3, 0.4) is 0 Å². The molecule has 0 atom stereocenters. The molecule has 7 heteroatoms. The van der Waals surface area contributed by atoms with Gasteiger partial charge in [0, 0.05) is 16.3 Å². The van der Waals surface area contributed by atoms with Crippen LogP contribution in [0.4, 0.5) is 5.00 Å². The maximum atomic E-state index is 12.3. The first kappa shape index (κ1) is 22.2. The second kappa shape index (κ2) is 10.5. The summed E-state index contributed by atoms with van der Waals surface area (Å²) in [6.45, 7) is 8.34. The number of rotatable bonds is 9. The van der Waals surface area contributed by atoms with Crippen LogP contribution < -0.4 is 10.1 Å². The second-order valence-corrected chi connectivity index (χ2v) is 7.92. The molecule has 2 aromatic rings. The number of halogens is 1. The molecule has 5 nitrogen and oxygen atoms in total. The minimum atomic E-state index is -0.412. The Hall–Kier alpha value is -2.05. The molecule has 0 fully saturated rings. The van der Waals surface area contributed by atoms with Crippen molar-refractivity contribution in [1.82, 2.24) is 0 Å². The smallest absolute Gasteiger partial charge is 0.341 e. The topological polar surface area (TPSA) is 64.6 Å². The van der Waals surface area contributed by atoms with Crippen molar-refractivity contribution in [1.29, 1.82) is 0 Å². The predicted molar refractivity (Wildman–Crippen MR) is 114 cm³/mol. The van der Waals surface area contributed by atoms with Gasteiger partial charge in [0.1, 0.15) is 10.8 Å². The summed E-state index contributed by atoms with van der Waals surface area (Å²) in [6, 6.07) is 5.56. The molecule has 152 valence electrons. The Kier molecular flexibility index (Phi) is 8.33. The Bertz CT molecular complexity index is 824. The van der Waals surface area contributed by atoms with E-state index in [0.717, 1.165) is 33.2 Å². The summed E-state index contributed by atoms with van der Waals surface area (Å²) in [4.78, 5) is 25.4. The molecule has 0 radical (unpaired) electrons. The lowest BCUT2D eigenvalue weighted by Crippen LogP contribution is -2.14. The van der Waals surface area contributed by atoms with Crippen LogP contribution in [0.2, 0.25) is 5.02 Å². The number of esters is 1. The van der Waals surface area contributed by atoms with Crippen LogP contribution in [0.5, 0.6) is 5.75 Å². The van der Waals surface area contributed by atoms with Gasteiger partial charge in [-0.15, -0.1) is 11.3 Å². The number of hydrogen-bond donors (Lipinski definition) is 1. The third-order valence-corrected chi connectivity index (χ3v) is 5.90. The molecule has 1 heterocycles. The zero-order chi connectivity index (χ0) is 20.7. The third kappa shape index (κ3) is 5.97. The maximum absolute atomic E-state index is 12.3. The Balaban J connectivity index is 1.87. The number of hydrogen-bond acceptors (Lipinski definition) is 5. The summed E-state index contributed by atoms with van der Waals surface area (Å²) in [5.41, 5.74) is 2.34. The van der Waals surface area contributed by atoms with Gasteiger partial charge in [0.15, 0.2) is 0 Å². The Labute approximate surface area is 175 Å². The van der Waals surface area contributed by atoms with E-state index in [9.17, 15) is 9.59 Å². The second-order valence-electron chi connectivity index (χ2n) is 6.40. The summed E-state index contributed by atoms with van der Waals surface area (Å²) >= 11 is 7.56. The van der Waals surface area contributed by atoms with Crippen molar-refractivity contribution in [3.63, 3.8) is 0 Å². The first-order valence-corrected chi connectivity index (χ1v) is 10.5. The van der Waals surface area contributed by atoms with E-state index in [-0.39, 0.29) is 5.91 Å². The van der Waals surface area contributed by atoms with Gasteiger partial charge in [-0.2, -0.15) is 0 Å². The SMILES string of the molecule is CCOC(=O)c1cc(CC)sc1NC(=O)CCCOc1cc(C)c(Cl)c(C)c1. The monoisotopic (exact) mass is 423 g/mol. The van der Waals surface area contributed by atoms with Crippen molar-refractivity contribution >= 4 is 39.8 Å². The van der Waals surface area contributed by atoms with Crippen LogP contribution in [0.15, 0.2) is 18.2 Å². The first-order valence-electron chi connectivity index (χ1n) is 9.34. The van der Waals surface area contributed by atoms with E-state index in [4.69, 9.17) is 21.1 Å². The standard InChI is InChI=1S/C21H26ClNO4S/c1-5-16-12-17(21(25)26-6-2)20(28-16)23-18(24)8-7-9-27-15-10-13(3)19(22)14(4)11-15/h10-12H,5-9H2,1-4H3,(H,23,24). The molecule has 28 heavy (non-hydrogen) atoms. The lowest BCUT2D eigenvalue weighted by molar-refractivity contribution is -0.116. The Morgan fingerprint density at radius 2 is 1.82 bits per heavy atom. The molecule has 1 N–H and O–H groups in total. The van der Waals surface area contributed by atoms with Crippen molar-refractivity contribution in [3.8, 4) is 5.75 Å². The quantitative estimate of drug-likeness (QED) is 0.424. The van der Waals surface area contributed by atoms with Crippen LogP contribution >= 0.6 is 22.9 Å². The lowest BCUT2D eigenvalue weighted by atomic mass is 10.1. The number of amides is 1. The lowest BCUT2D eigenvalue weighted by Gasteiger charge is -2.10. The van der Waals surface area contributed by atoms with Crippen LogP contribution in [0.1, 0.15) is 53.1 Å². The number of anilines is 1. The van der Waals surface area contributed by atoms with Crippen molar-refractivity contribution in [2.24, 2.45) is 0 Å². The van der Waals surface area contributed by atoms with Gasteiger partial charge in [-0.1, -0.05) is 18.5 Å². The van der Waals surface area contributed by atoms with E-state index in [1.165, 1.54) is 11.3 Å². The number of nitrogens with one attached hydrogen (secondary N) is 1. The van der Waals surface area contributed by atoms with Crippen LogP contribution in [0, 0.1) is 13.8 Å². The van der Waals surface area contributed by atoms with E-state index in [1.54, 1.807) is 13.0 Å². The van der Waals surface area contributed by atoms with Gasteiger partial charge in [-0.25, -0.2) is 4.79 Å².